The first kappa shape index (κ1) is 14.0. The van der Waals surface area contributed by atoms with Gasteiger partial charge in [0, 0.05) is 18.8 Å². The molecule has 1 saturated heterocycles. The van der Waals surface area contributed by atoms with Crippen LogP contribution in [0.1, 0.15) is 12.8 Å². The summed E-state index contributed by atoms with van der Waals surface area (Å²) in [6.45, 7) is 1.33. The van der Waals surface area contributed by atoms with Crippen LogP contribution in [-0.4, -0.2) is 37.5 Å². The van der Waals surface area contributed by atoms with E-state index in [-0.39, 0.29) is 24.1 Å². The fourth-order valence-electron chi connectivity index (χ4n) is 2.35. The predicted molar refractivity (Wildman–Crippen MR) is 69.0 cm³/mol. The number of hydrogen-bond donors (Lipinski definition) is 2. The van der Waals surface area contributed by atoms with Crippen LogP contribution in [0, 0.1) is 11.6 Å². The predicted octanol–water partition coefficient (Wildman–Crippen LogP) is 1.52. The zero-order chi connectivity index (χ0) is 13.8. The number of nitrogens with two attached hydrogens (primary N) is 1. The molecule has 1 heterocycles. The Bertz CT molecular complexity index is 412. The van der Waals surface area contributed by atoms with Crippen LogP contribution in [0.25, 0.3) is 0 Å². The van der Waals surface area contributed by atoms with Gasteiger partial charge < -0.3 is 20.5 Å². The second-order valence-electron chi connectivity index (χ2n) is 4.61. The van der Waals surface area contributed by atoms with Crippen LogP contribution < -0.4 is 10.6 Å². The quantitative estimate of drug-likeness (QED) is 0.816. The fraction of sp³-hybridized carbons (Fsp3) is 0.538. The van der Waals surface area contributed by atoms with Crippen molar-refractivity contribution in [2.45, 2.75) is 18.9 Å². The van der Waals surface area contributed by atoms with E-state index >= 15 is 0 Å². The number of nitrogen functional groups attached to an aromatic ring is 1. The maximum Gasteiger partial charge on any atom is 0.151 e. The van der Waals surface area contributed by atoms with Gasteiger partial charge in [0.15, 0.2) is 11.6 Å². The summed E-state index contributed by atoms with van der Waals surface area (Å²) < 4.78 is 33.0. The zero-order valence-corrected chi connectivity index (χ0v) is 10.6. The van der Waals surface area contributed by atoms with Gasteiger partial charge in [-0.2, -0.15) is 0 Å². The molecule has 0 bridgehead atoms. The normalized spacial score (nSPS) is 16.9. The van der Waals surface area contributed by atoms with E-state index in [4.69, 9.17) is 15.6 Å². The van der Waals surface area contributed by atoms with Crippen molar-refractivity contribution in [3.8, 4) is 0 Å². The third-order valence-electron chi connectivity index (χ3n) is 3.24. The first-order valence-electron chi connectivity index (χ1n) is 6.33. The van der Waals surface area contributed by atoms with E-state index in [1.807, 2.05) is 0 Å². The first-order chi connectivity index (χ1) is 9.11. The van der Waals surface area contributed by atoms with E-state index in [1.54, 1.807) is 4.90 Å². The third-order valence-corrected chi connectivity index (χ3v) is 3.24. The van der Waals surface area contributed by atoms with Gasteiger partial charge in [0.2, 0.25) is 0 Å². The number of halogens is 2. The lowest BCUT2D eigenvalue weighted by Gasteiger charge is -2.33. The summed E-state index contributed by atoms with van der Waals surface area (Å²) in [6, 6.07) is 2.26. The van der Waals surface area contributed by atoms with E-state index in [9.17, 15) is 8.78 Å². The van der Waals surface area contributed by atoms with Crippen molar-refractivity contribution < 1.29 is 18.6 Å². The second kappa shape index (κ2) is 6.16. The second-order valence-corrected chi connectivity index (χ2v) is 4.61. The molecule has 0 unspecified atom stereocenters. The van der Waals surface area contributed by atoms with Crippen molar-refractivity contribution in [3.05, 3.63) is 23.8 Å². The van der Waals surface area contributed by atoms with Crippen LogP contribution >= 0.6 is 0 Å². The number of anilines is 2. The maximum absolute atomic E-state index is 13.8. The molecule has 1 aliphatic rings. The highest BCUT2D eigenvalue weighted by Crippen LogP contribution is 2.28. The largest absolute Gasteiger partial charge is 0.399 e. The number of benzene rings is 1. The molecule has 6 heteroatoms. The highest BCUT2D eigenvalue weighted by atomic mass is 19.1. The van der Waals surface area contributed by atoms with Crippen LogP contribution in [0.15, 0.2) is 12.1 Å². The monoisotopic (exact) mass is 272 g/mol. The lowest BCUT2D eigenvalue weighted by atomic mass is 10.1. The summed E-state index contributed by atoms with van der Waals surface area (Å²) in [5, 5.41) is 8.68. The van der Waals surface area contributed by atoms with Gasteiger partial charge in [0.1, 0.15) is 5.69 Å². The van der Waals surface area contributed by atoms with E-state index < -0.39 is 11.6 Å². The summed E-state index contributed by atoms with van der Waals surface area (Å²) in [5.74, 6) is -1.26. The number of ether oxygens (including phenoxy) is 1. The molecule has 4 nitrogen and oxygen atoms in total. The van der Waals surface area contributed by atoms with Crippen molar-refractivity contribution in [3.63, 3.8) is 0 Å². The van der Waals surface area contributed by atoms with Crippen LogP contribution in [0.3, 0.4) is 0 Å². The van der Waals surface area contributed by atoms with Crippen molar-refractivity contribution >= 4 is 11.4 Å². The molecule has 0 amide bonds. The van der Waals surface area contributed by atoms with Gasteiger partial charge in [-0.25, -0.2) is 8.78 Å². The first-order valence-corrected chi connectivity index (χ1v) is 6.33. The molecule has 1 aromatic rings. The molecule has 0 aromatic heterocycles. The maximum atomic E-state index is 13.8. The molecule has 106 valence electrons. The molecule has 0 saturated carbocycles. The van der Waals surface area contributed by atoms with Crippen LogP contribution in [0.2, 0.25) is 0 Å². The number of rotatable bonds is 4. The minimum atomic E-state index is -0.632. The Balaban J connectivity index is 2.02. The molecule has 2 rings (SSSR count). The number of nitrogens with zero attached hydrogens (tertiary/aromatic N) is 1. The molecular weight excluding hydrogens is 254 g/mol. The van der Waals surface area contributed by atoms with Gasteiger partial charge >= 0.3 is 0 Å². The molecule has 0 radical (unpaired) electrons. The van der Waals surface area contributed by atoms with Crippen LogP contribution in [0.5, 0.6) is 0 Å². The van der Waals surface area contributed by atoms with E-state index in [2.05, 4.69) is 0 Å². The molecule has 0 spiro atoms. The number of hydrogen-bond acceptors (Lipinski definition) is 4. The average molecular weight is 272 g/mol. The lowest BCUT2D eigenvalue weighted by molar-refractivity contribution is 0.0158. The van der Waals surface area contributed by atoms with Crippen molar-refractivity contribution in [1.29, 1.82) is 0 Å². The smallest absolute Gasteiger partial charge is 0.151 e. The van der Waals surface area contributed by atoms with Crippen LogP contribution in [-0.2, 0) is 4.74 Å². The molecule has 0 atom stereocenters. The highest BCUT2D eigenvalue weighted by molar-refractivity contribution is 5.56. The van der Waals surface area contributed by atoms with Gasteiger partial charge in [0.25, 0.3) is 0 Å². The summed E-state index contributed by atoms with van der Waals surface area (Å²) in [5.41, 5.74) is 5.46. The van der Waals surface area contributed by atoms with Gasteiger partial charge in [-0.15, -0.1) is 0 Å². The van der Waals surface area contributed by atoms with E-state index in [1.165, 1.54) is 0 Å². The van der Waals surface area contributed by atoms with Crippen molar-refractivity contribution in [2.75, 3.05) is 36.9 Å². The Morgan fingerprint density at radius 1 is 1.26 bits per heavy atom. The summed E-state index contributed by atoms with van der Waals surface area (Å²) >= 11 is 0. The molecule has 1 fully saturated rings. The van der Waals surface area contributed by atoms with Gasteiger partial charge in [-0.05, 0) is 25.0 Å². The van der Waals surface area contributed by atoms with Crippen molar-refractivity contribution in [2.24, 2.45) is 0 Å². The molecule has 3 N–H and O–H groups in total. The Morgan fingerprint density at radius 3 is 2.37 bits per heavy atom. The minimum Gasteiger partial charge on any atom is -0.399 e. The summed E-state index contributed by atoms with van der Waals surface area (Å²) in [6.07, 6.45) is 1.41. The Labute approximate surface area is 110 Å². The molecule has 1 aliphatic heterocycles. The summed E-state index contributed by atoms with van der Waals surface area (Å²) in [4.78, 5) is 1.67. The lowest BCUT2D eigenvalue weighted by Crippen LogP contribution is -2.38. The summed E-state index contributed by atoms with van der Waals surface area (Å²) in [7, 11) is 0. The van der Waals surface area contributed by atoms with Crippen LogP contribution in [0.4, 0.5) is 20.2 Å². The number of aliphatic hydroxyl groups is 1. The SMILES string of the molecule is Nc1cc(F)c(N2CCC(OCCO)CC2)c(F)c1. The van der Waals surface area contributed by atoms with E-state index in [0.29, 0.717) is 32.5 Å². The topological polar surface area (TPSA) is 58.7 Å². The third kappa shape index (κ3) is 3.33. The minimum absolute atomic E-state index is 0.0125. The Morgan fingerprint density at radius 2 is 1.84 bits per heavy atom. The fourth-order valence-corrected chi connectivity index (χ4v) is 2.35. The molecular formula is C13H18F2N2O2. The molecule has 0 aliphatic carbocycles. The number of aliphatic hydroxyl groups excluding tert-OH is 1. The highest BCUT2D eigenvalue weighted by Gasteiger charge is 2.24. The molecule has 1 aromatic carbocycles. The Kier molecular flexibility index (Phi) is 4.55. The average Bonchev–Trinajstić information content (AvgIpc) is 2.36. The van der Waals surface area contributed by atoms with Crippen molar-refractivity contribution in [1.82, 2.24) is 0 Å². The van der Waals surface area contributed by atoms with E-state index in [0.717, 1.165) is 12.1 Å². The molecule has 19 heavy (non-hydrogen) atoms. The number of piperidine rings is 1. The standard InChI is InChI=1S/C13H18F2N2O2/c14-11-7-9(16)8-12(15)13(11)17-3-1-10(2-4-17)19-6-5-18/h7-8,10,18H,1-6,16H2. The zero-order valence-electron chi connectivity index (χ0n) is 10.6. The van der Waals surface area contributed by atoms with Gasteiger partial charge in [-0.3, -0.25) is 0 Å². The van der Waals surface area contributed by atoms with Gasteiger partial charge in [0.05, 0.1) is 19.3 Å². The van der Waals surface area contributed by atoms with Gasteiger partial charge in [-0.1, -0.05) is 0 Å². The Hall–Kier alpha value is -1.40.